The molecule has 0 aromatic carbocycles. The van der Waals surface area contributed by atoms with Gasteiger partial charge < -0.3 is 15.0 Å². The molecule has 2 aliphatic rings. The van der Waals surface area contributed by atoms with Crippen LogP contribution < -0.4 is 5.32 Å². The molecule has 1 unspecified atom stereocenters. The van der Waals surface area contributed by atoms with Gasteiger partial charge in [-0.15, -0.1) is 0 Å². The van der Waals surface area contributed by atoms with Crippen LogP contribution in [0.4, 0.5) is 4.79 Å². The number of carbonyl (C=O) groups is 1. The van der Waals surface area contributed by atoms with Crippen molar-refractivity contribution in [1.29, 1.82) is 0 Å². The quantitative estimate of drug-likeness (QED) is 0.606. The number of likely N-dealkylation sites (tertiary alicyclic amines) is 2. The Morgan fingerprint density at radius 3 is 2.44 bits per heavy atom. The highest BCUT2D eigenvalue weighted by atomic mass is 16.6. The molecular weight excluding hydrogens is 342 g/mol. The van der Waals surface area contributed by atoms with Gasteiger partial charge in [-0.1, -0.05) is 6.58 Å². The second-order valence-corrected chi connectivity index (χ2v) is 8.38. The third-order valence-electron chi connectivity index (χ3n) is 4.74. The number of hydrogen-bond donors (Lipinski definition) is 1. The van der Waals surface area contributed by atoms with Crippen LogP contribution >= 0.6 is 0 Å². The summed E-state index contributed by atoms with van der Waals surface area (Å²) in [5, 5.41) is 3.01. The lowest BCUT2D eigenvalue weighted by Gasteiger charge is -2.37. The summed E-state index contributed by atoms with van der Waals surface area (Å²) >= 11 is 0. The number of guanidine groups is 1. The molecule has 1 amide bonds. The van der Waals surface area contributed by atoms with E-state index in [1.807, 2.05) is 34.6 Å². The predicted molar refractivity (Wildman–Crippen MR) is 110 cm³/mol. The van der Waals surface area contributed by atoms with E-state index in [2.05, 4.69) is 31.7 Å². The van der Waals surface area contributed by atoms with Gasteiger partial charge in [-0.05, 0) is 53.9 Å². The highest BCUT2D eigenvalue weighted by Crippen LogP contribution is 2.22. The average Bonchev–Trinajstić information content (AvgIpc) is 3.00. The number of carbonyl (C=O) groups excluding carboxylic acids is 1. The van der Waals surface area contributed by atoms with E-state index in [1.165, 1.54) is 0 Å². The Kier molecular flexibility index (Phi) is 7.41. The highest BCUT2D eigenvalue weighted by molar-refractivity contribution is 5.88. The molecule has 2 fully saturated rings. The monoisotopic (exact) mass is 377 g/mol. The molecule has 2 heterocycles. The van der Waals surface area contributed by atoms with Crippen molar-refractivity contribution in [2.24, 2.45) is 9.98 Å². The van der Waals surface area contributed by atoms with Crippen molar-refractivity contribution in [1.82, 2.24) is 15.1 Å². The Bertz CT molecular complexity index is 586. The number of piperidine rings is 1. The third-order valence-corrected chi connectivity index (χ3v) is 4.74. The number of aliphatic imine (C=N–C) groups is 2. The van der Waals surface area contributed by atoms with Crippen LogP contribution in [-0.2, 0) is 4.74 Å². The zero-order valence-corrected chi connectivity index (χ0v) is 17.5. The molecule has 2 saturated heterocycles. The minimum absolute atomic E-state index is 0.170. The summed E-state index contributed by atoms with van der Waals surface area (Å²) in [5.41, 5.74) is 0.312. The molecule has 7 heteroatoms. The van der Waals surface area contributed by atoms with E-state index in [0.29, 0.717) is 6.04 Å². The van der Waals surface area contributed by atoms with E-state index in [-0.39, 0.29) is 12.1 Å². The molecule has 1 atom stereocenters. The second-order valence-electron chi connectivity index (χ2n) is 8.38. The lowest BCUT2D eigenvalue weighted by Crippen LogP contribution is -2.47. The number of amides is 1. The number of allylic oxidation sites excluding steroid dienone is 1. The van der Waals surface area contributed by atoms with Crippen LogP contribution in [0.25, 0.3) is 0 Å². The van der Waals surface area contributed by atoms with Crippen molar-refractivity contribution in [2.75, 3.05) is 26.2 Å². The minimum Gasteiger partial charge on any atom is -0.444 e. The topological polar surface area (TPSA) is 69.5 Å². The Morgan fingerprint density at radius 1 is 1.22 bits per heavy atom. The minimum atomic E-state index is -0.459. The molecule has 7 nitrogen and oxygen atoms in total. The summed E-state index contributed by atoms with van der Waals surface area (Å²) < 4.78 is 5.37. The van der Waals surface area contributed by atoms with Crippen molar-refractivity contribution >= 4 is 18.3 Å². The third kappa shape index (κ3) is 6.97. The van der Waals surface area contributed by atoms with Gasteiger partial charge in [0.05, 0.1) is 0 Å². The molecule has 0 spiro atoms. The summed E-state index contributed by atoms with van der Waals surface area (Å²) in [4.78, 5) is 25.6. The second kappa shape index (κ2) is 9.35. The lowest BCUT2D eigenvalue weighted by atomic mass is 10.0. The van der Waals surface area contributed by atoms with Gasteiger partial charge in [-0.25, -0.2) is 14.8 Å². The van der Waals surface area contributed by atoms with Gasteiger partial charge in [0.1, 0.15) is 5.60 Å². The zero-order valence-electron chi connectivity index (χ0n) is 17.5. The fourth-order valence-corrected chi connectivity index (χ4v) is 3.61. The normalized spacial score (nSPS) is 23.1. The number of alkyl carbamates (subject to hydrolysis) is 1. The van der Waals surface area contributed by atoms with Crippen LogP contribution in [0.2, 0.25) is 0 Å². The first-order valence-corrected chi connectivity index (χ1v) is 9.89. The fourth-order valence-electron chi connectivity index (χ4n) is 3.61. The van der Waals surface area contributed by atoms with E-state index >= 15 is 0 Å². The Balaban J connectivity index is 1.81. The van der Waals surface area contributed by atoms with Crippen LogP contribution in [0, 0.1) is 0 Å². The number of rotatable bonds is 3. The molecule has 2 aliphatic heterocycles. The van der Waals surface area contributed by atoms with Crippen molar-refractivity contribution < 1.29 is 9.53 Å². The Hall–Kier alpha value is -1.89. The van der Waals surface area contributed by atoms with Crippen LogP contribution in [0.1, 0.15) is 53.9 Å². The molecule has 27 heavy (non-hydrogen) atoms. The predicted octanol–water partition coefficient (Wildman–Crippen LogP) is 3.03. The molecule has 0 saturated carbocycles. The van der Waals surface area contributed by atoms with Gasteiger partial charge in [0.25, 0.3) is 0 Å². The molecule has 0 aromatic rings. The van der Waals surface area contributed by atoms with Gasteiger partial charge in [-0.2, -0.15) is 0 Å². The maximum atomic E-state index is 12.0. The summed E-state index contributed by atoms with van der Waals surface area (Å²) in [6, 6.07) is 0.714. The van der Waals surface area contributed by atoms with E-state index < -0.39 is 5.60 Å². The van der Waals surface area contributed by atoms with E-state index in [0.717, 1.165) is 57.1 Å². The van der Waals surface area contributed by atoms with Gasteiger partial charge in [-0.3, -0.25) is 4.90 Å². The molecule has 152 valence electrons. The van der Waals surface area contributed by atoms with Crippen molar-refractivity contribution in [2.45, 2.75) is 71.6 Å². The van der Waals surface area contributed by atoms with Gasteiger partial charge in [0.15, 0.2) is 0 Å². The first-order chi connectivity index (χ1) is 12.7. The summed E-state index contributed by atoms with van der Waals surface area (Å²) in [5.74, 6) is 0.759. The highest BCUT2D eigenvalue weighted by Gasteiger charge is 2.32. The maximum absolute atomic E-state index is 12.0. The maximum Gasteiger partial charge on any atom is 0.407 e. The van der Waals surface area contributed by atoms with Crippen molar-refractivity contribution in [3.8, 4) is 0 Å². The van der Waals surface area contributed by atoms with Crippen LogP contribution in [-0.4, -0.2) is 71.9 Å². The molecule has 0 aliphatic carbocycles. The van der Waals surface area contributed by atoms with Crippen LogP contribution in [0.5, 0.6) is 0 Å². The lowest BCUT2D eigenvalue weighted by molar-refractivity contribution is 0.0503. The molecule has 2 rings (SSSR count). The number of nitrogens with zero attached hydrogens (tertiary/aromatic N) is 4. The number of hydrogen-bond acceptors (Lipinski definition) is 4. The molecule has 1 N–H and O–H groups in total. The first-order valence-electron chi connectivity index (χ1n) is 9.89. The summed E-state index contributed by atoms with van der Waals surface area (Å²) in [6.45, 7) is 17.1. The largest absolute Gasteiger partial charge is 0.444 e. The van der Waals surface area contributed by atoms with Crippen LogP contribution in [0.3, 0.4) is 0 Å². The summed E-state index contributed by atoms with van der Waals surface area (Å²) in [7, 11) is 0. The number of nitrogens with one attached hydrogen (secondary N) is 1. The average molecular weight is 378 g/mol. The summed E-state index contributed by atoms with van der Waals surface area (Å²) in [6.07, 6.45) is 4.59. The van der Waals surface area contributed by atoms with Crippen LogP contribution in [0.15, 0.2) is 22.3 Å². The Morgan fingerprint density at radius 2 is 1.89 bits per heavy atom. The zero-order chi connectivity index (χ0) is 20.0. The van der Waals surface area contributed by atoms with Gasteiger partial charge in [0, 0.05) is 50.2 Å². The van der Waals surface area contributed by atoms with E-state index in [9.17, 15) is 4.79 Å². The van der Waals surface area contributed by atoms with E-state index in [1.54, 1.807) is 6.21 Å². The smallest absolute Gasteiger partial charge is 0.407 e. The SMILES string of the molecule is C=C(C)N=C(/N=C\C)N1CCC(N2CCC(NC(=O)OC(C)(C)C)C2)CC1. The fraction of sp³-hybridized carbons (Fsp3) is 0.750. The standard InChI is InChI=1S/C20H35N5O2/c1-7-21-18(22-15(2)3)24-12-9-17(10-13-24)25-11-8-16(14-25)23-19(26)27-20(4,5)6/h7,16-17H,2,8-14H2,1,3-6H3,(H,23,26)/b21-7-,22-18?. The first kappa shape index (κ1) is 21.4. The van der Waals surface area contributed by atoms with Gasteiger partial charge >= 0.3 is 6.09 Å². The van der Waals surface area contributed by atoms with Crippen molar-refractivity contribution in [3.63, 3.8) is 0 Å². The molecular formula is C20H35N5O2. The Labute approximate surface area is 163 Å². The molecule has 0 aromatic heterocycles. The van der Waals surface area contributed by atoms with E-state index in [4.69, 9.17) is 4.74 Å². The molecule has 0 radical (unpaired) electrons. The number of ether oxygens (including phenoxy) is 1. The molecule has 0 bridgehead atoms. The van der Waals surface area contributed by atoms with Crippen molar-refractivity contribution in [3.05, 3.63) is 12.3 Å². The van der Waals surface area contributed by atoms with Gasteiger partial charge in [0.2, 0.25) is 5.96 Å².